The number of guanidine groups is 1. The van der Waals surface area contributed by atoms with E-state index in [-0.39, 0.29) is 37.3 Å². The molecule has 0 spiro atoms. The summed E-state index contributed by atoms with van der Waals surface area (Å²) in [6.45, 7) is 18.1. The molecule has 1 fully saturated rings. The van der Waals surface area contributed by atoms with Gasteiger partial charge < -0.3 is 68.5 Å². The first-order chi connectivity index (χ1) is 34.0. The highest BCUT2D eigenvalue weighted by Gasteiger charge is 2.44. The van der Waals surface area contributed by atoms with Gasteiger partial charge >= 0.3 is 0 Å². The standard InChI is InChI=1S/C48H87N13O11S/c1-15-28(7)36(42(68)54-31(19-17-21-52-47(49)50)45(71)61-22-18-20-32(61)40(66)51-16-2)56-43(69)38(27(5)6)60(13)46(72)37(29(8)62)57-44(70)39(48(10,11)25-73-14)58-41(67)35(26(3)4)55-33(64)23-53-34(65)24-59(12)30(9)63/h26-29,31-32,35-39,62H,15-25H2,1-14H3,(H,51,66)(H,53,65)(H,54,68)(H,55,64)(H,56,69)(H,57,70)(H,58,67)(H4,49,50,52)/t28-,29+,31-,32-,35-,36-,37-,38-,39-/m0/s1. The zero-order chi connectivity index (χ0) is 56.1. The number of hydrogen-bond acceptors (Lipinski definition) is 13. The maximum absolute atomic E-state index is 14.5. The average Bonchev–Trinajstić information content (AvgIpc) is 3.80. The number of nitrogens with zero attached hydrogens (tertiary/aromatic N) is 4. The Kier molecular flexibility index (Phi) is 27.8. The first kappa shape index (κ1) is 65.3. The normalized spacial score (nSPS) is 16.8. The minimum absolute atomic E-state index is 0.108. The number of nitrogens with two attached hydrogens (primary N) is 2. The van der Waals surface area contributed by atoms with E-state index in [0.717, 1.165) is 9.80 Å². The molecule has 416 valence electrons. The van der Waals surface area contributed by atoms with E-state index in [9.17, 15) is 53.1 Å². The Morgan fingerprint density at radius 2 is 1.40 bits per heavy atom. The topological polar surface area (TPSA) is 349 Å². The first-order valence-corrected chi connectivity index (χ1v) is 26.4. The molecule has 1 aliphatic heterocycles. The summed E-state index contributed by atoms with van der Waals surface area (Å²) < 4.78 is 0. The van der Waals surface area contributed by atoms with E-state index in [1.165, 1.54) is 44.6 Å². The van der Waals surface area contributed by atoms with E-state index < -0.39 is 125 Å². The molecule has 1 aliphatic rings. The van der Waals surface area contributed by atoms with Crippen molar-refractivity contribution in [2.24, 2.45) is 39.6 Å². The lowest BCUT2D eigenvalue weighted by atomic mass is 9.85. The largest absolute Gasteiger partial charge is 0.391 e. The fourth-order valence-corrected chi connectivity index (χ4v) is 9.20. The molecular formula is C48H87N13O11S. The summed E-state index contributed by atoms with van der Waals surface area (Å²) in [6, 6.07) is -8.47. The lowest BCUT2D eigenvalue weighted by molar-refractivity contribution is -0.147. The number of rotatable bonds is 30. The van der Waals surface area contributed by atoms with Gasteiger partial charge in [-0.15, -0.1) is 0 Å². The number of amides is 10. The number of likely N-dealkylation sites (tertiary alicyclic amines) is 1. The molecule has 9 atom stereocenters. The summed E-state index contributed by atoms with van der Waals surface area (Å²) in [6.07, 6.45) is 2.13. The summed E-state index contributed by atoms with van der Waals surface area (Å²) >= 11 is 1.39. The second-order valence-electron chi connectivity index (χ2n) is 20.1. The van der Waals surface area contributed by atoms with E-state index in [1.807, 2.05) is 6.92 Å². The van der Waals surface area contributed by atoms with Crippen molar-refractivity contribution in [3.05, 3.63) is 0 Å². The Bertz CT molecular complexity index is 1950. The molecule has 0 aromatic rings. The van der Waals surface area contributed by atoms with Gasteiger partial charge in [0.2, 0.25) is 59.1 Å². The van der Waals surface area contributed by atoms with Crippen molar-refractivity contribution in [3.63, 3.8) is 0 Å². The molecule has 0 aromatic heterocycles. The average molecular weight is 1050 g/mol. The van der Waals surface area contributed by atoms with Crippen LogP contribution in [0, 0.1) is 23.2 Å². The number of hydrogen-bond donors (Lipinski definition) is 10. The molecule has 10 amide bonds. The Morgan fingerprint density at radius 1 is 0.795 bits per heavy atom. The Morgan fingerprint density at radius 3 is 1.92 bits per heavy atom. The van der Waals surface area contributed by atoms with Gasteiger partial charge in [-0.25, -0.2) is 0 Å². The summed E-state index contributed by atoms with van der Waals surface area (Å²) in [5.41, 5.74) is 10.0. The molecule has 0 saturated carbocycles. The van der Waals surface area contributed by atoms with Crippen LogP contribution in [-0.4, -0.2) is 192 Å². The van der Waals surface area contributed by atoms with Gasteiger partial charge in [0.25, 0.3) is 0 Å². The third kappa shape index (κ3) is 20.6. The quantitative estimate of drug-likeness (QED) is 0.0215. The highest BCUT2D eigenvalue weighted by molar-refractivity contribution is 7.98. The van der Waals surface area contributed by atoms with E-state index in [1.54, 1.807) is 61.6 Å². The molecule has 73 heavy (non-hydrogen) atoms. The third-order valence-corrected chi connectivity index (χ3v) is 13.8. The van der Waals surface area contributed by atoms with Gasteiger partial charge in [0.05, 0.1) is 19.2 Å². The van der Waals surface area contributed by atoms with Gasteiger partial charge in [-0.3, -0.25) is 52.9 Å². The van der Waals surface area contributed by atoms with Crippen LogP contribution < -0.4 is 48.7 Å². The fraction of sp³-hybridized carbons (Fsp3) is 0.771. The van der Waals surface area contributed by atoms with Gasteiger partial charge in [0.1, 0.15) is 42.3 Å². The fourth-order valence-electron chi connectivity index (χ4n) is 8.29. The third-order valence-electron chi connectivity index (χ3n) is 12.7. The molecule has 12 N–H and O–H groups in total. The van der Waals surface area contributed by atoms with Crippen LogP contribution in [0.2, 0.25) is 0 Å². The van der Waals surface area contributed by atoms with Crippen LogP contribution in [0.25, 0.3) is 0 Å². The Hall–Kier alpha value is -5.72. The summed E-state index contributed by atoms with van der Waals surface area (Å²) in [5, 5.41) is 29.8. The SMILES string of the molecule is CCNC(=O)[C@@H]1CCCN1C(=O)[C@H](CCCN=C(N)N)NC(=O)[C@@H](NC(=O)[C@H](C(C)C)N(C)C(=O)[C@@H](NC(=O)[C@H](NC(=O)[C@@H](NC(=O)CNC(=O)CN(C)C(C)=O)C(C)C)C(C)(C)CSC)[C@@H](C)O)[C@@H](C)CC. The number of aliphatic hydroxyl groups excluding tert-OH is 1. The highest BCUT2D eigenvalue weighted by atomic mass is 32.2. The van der Waals surface area contributed by atoms with E-state index in [4.69, 9.17) is 11.5 Å². The van der Waals surface area contributed by atoms with Crippen LogP contribution in [0.5, 0.6) is 0 Å². The molecular weight excluding hydrogens is 967 g/mol. The molecule has 0 aromatic carbocycles. The lowest BCUT2D eigenvalue weighted by Gasteiger charge is -2.38. The van der Waals surface area contributed by atoms with Gasteiger partial charge in [0.15, 0.2) is 5.96 Å². The summed E-state index contributed by atoms with van der Waals surface area (Å²) in [7, 11) is 2.75. The van der Waals surface area contributed by atoms with Crippen LogP contribution in [0.15, 0.2) is 4.99 Å². The second-order valence-corrected chi connectivity index (χ2v) is 21.0. The zero-order valence-electron chi connectivity index (χ0n) is 45.5. The van der Waals surface area contributed by atoms with Gasteiger partial charge in [-0.2, -0.15) is 11.8 Å². The number of thioether (sulfide) groups is 1. The van der Waals surface area contributed by atoms with E-state index >= 15 is 0 Å². The Labute approximate surface area is 435 Å². The summed E-state index contributed by atoms with van der Waals surface area (Å²) in [4.78, 5) is 143. The molecule has 1 rings (SSSR count). The minimum atomic E-state index is -1.64. The number of likely N-dealkylation sites (N-methyl/N-ethyl adjacent to an activating group) is 3. The van der Waals surface area contributed by atoms with Gasteiger partial charge in [0, 0.05) is 51.8 Å². The molecule has 1 saturated heterocycles. The maximum atomic E-state index is 14.5. The lowest BCUT2D eigenvalue weighted by Crippen LogP contribution is -2.65. The van der Waals surface area contributed by atoms with Crippen molar-refractivity contribution in [1.29, 1.82) is 0 Å². The summed E-state index contributed by atoms with van der Waals surface area (Å²) in [5.74, 6) is -7.68. The van der Waals surface area contributed by atoms with Gasteiger partial charge in [-0.1, -0.05) is 61.8 Å². The van der Waals surface area contributed by atoms with E-state index in [0.29, 0.717) is 44.5 Å². The molecule has 0 aliphatic carbocycles. The number of aliphatic imine (C=N–C) groups is 1. The molecule has 1 heterocycles. The van der Waals surface area contributed by atoms with Crippen molar-refractivity contribution < 1.29 is 53.1 Å². The van der Waals surface area contributed by atoms with Crippen molar-refractivity contribution in [2.45, 2.75) is 157 Å². The van der Waals surface area contributed by atoms with Gasteiger partial charge in [-0.05, 0) is 63.5 Å². The van der Waals surface area contributed by atoms with Crippen LogP contribution in [0.1, 0.15) is 108 Å². The van der Waals surface area contributed by atoms with Crippen LogP contribution in [0.4, 0.5) is 0 Å². The van der Waals surface area contributed by atoms with E-state index in [2.05, 4.69) is 42.2 Å². The highest BCUT2D eigenvalue weighted by Crippen LogP contribution is 2.27. The monoisotopic (exact) mass is 1050 g/mol. The predicted molar refractivity (Wildman–Crippen MR) is 279 cm³/mol. The molecule has 0 unspecified atom stereocenters. The van der Waals surface area contributed by atoms with Crippen LogP contribution in [0.3, 0.4) is 0 Å². The second kappa shape index (κ2) is 31.1. The first-order valence-electron chi connectivity index (χ1n) is 25.0. The van der Waals surface area contributed by atoms with Crippen LogP contribution >= 0.6 is 11.8 Å². The van der Waals surface area contributed by atoms with Crippen molar-refractivity contribution in [2.75, 3.05) is 58.8 Å². The predicted octanol–water partition coefficient (Wildman–Crippen LogP) is -1.86. The minimum Gasteiger partial charge on any atom is -0.391 e. The molecule has 0 radical (unpaired) electrons. The van der Waals surface area contributed by atoms with Crippen molar-refractivity contribution >= 4 is 76.8 Å². The zero-order valence-corrected chi connectivity index (χ0v) is 46.3. The van der Waals surface area contributed by atoms with Crippen molar-refractivity contribution in [3.8, 4) is 0 Å². The molecule has 24 nitrogen and oxygen atoms in total. The van der Waals surface area contributed by atoms with Crippen LogP contribution in [-0.2, 0) is 47.9 Å². The smallest absolute Gasteiger partial charge is 0.248 e. The Balaban J connectivity index is 3.48. The maximum Gasteiger partial charge on any atom is 0.248 e. The number of carbonyl (C=O) groups excluding carboxylic acids is 10. The number of carbonyl (C=O) groups is 10. The number of nitrogens with one attached hydrogen (secondary N) is 7. The molecule has 0 bridgehead atoms. The molecule has 25 heteroatoms. The van der Waals surface area contributed by atoms with Crippen molar-refractivity contribution in [1.82, 2.24) is 51.9 Å². The number of aliphatic hydroxyl groups is 1.